The minimum absolute atomic E-state index is 0.0428. The smallest absolute Gasteiger partial charge is 0.231 e. The van der Waals surface area contributed by atoms with E-state index in [1.165, 1.54) is 0 Å². The highest BCUT2D eigenvalue weighted by Gasteiger charge is 2.41. The lowest BCUT2D eigenvalue weighted by atomic mass is 9.93. The van der Waals surface area contributed by atoms with Crippen molar-refractivity contribution in [2.45, 2.75) is 6.42 Å². The molecule has 2 aromatic carbocycles. The molecule has 0 radical (unpaired) electrons. The summed E-state index contributed by atoms with van der Waals surface area (Å²) in [4.78, 5) is 27.3. The molecule has 0 saturated carbocycles. The SMILES string of the molecule is CSC[C@H]1CN(c2ccccc2)C(=O)[C@@H]1CC(=O)Nc1ccc(Br)cc1. The number of thioether (sulfide) groups is 1. The summed E-state index contributed by atoms with van der Waals surface area (Å²) in [6.45, 7) is 0.667. The Kier molecular flexibility index (Phi) is 6.38. The topological polar surface area (TPSA) is 49.4 Å². The molecule has 2 amide bonds. The molecular formula is C20H21BrN2O2S. The molecule has 2 aromatic rings. The first-order valence-electron chi connectivity index (χ1n) is 8.49. The van der Waals surface area contributed by atoms with Crippen molar-refractivity contribution in [2.24, 2.45) is 11.8 Å². The molecule has 1 aliphatic rings. The number of hydrogen-bond acceptors (Lipinski definition) is 3. The van der Waals surface area contributed by atoms with Crippen LogP contribution in [0.1, 0.15) is 6.42 Å². The van der Waals surface area contributed by atoms with Crippen molar-refractivity contribution >= 4 is 50.9 Å². The van der Waals surface area contributed by atoms with Crippen LogP contribution in [-0.4, -0.2) is 30.4 Å². The number of halogens is 1. The van der Waals surface area contributed by atoms with Crippen LogP contribution in [0.2, 0.25) is 0 Å². The van der Waals surface area contributed by atoms with E-state index >= 15 is 0 Å². The van der Waals surface area contributed by atoms with Gasteiger partial charge >= 0.3 is 0 Å². The number of nitrogens with one attached hydrogen (secondary N) is 1. The fourth-order valence-corrected chi connectivity index (χ4v) is 4.31. The molecule has 0 unspecified atom stereocenters. The molecule has 0 spiro atoms. The maximum Gasteiger partial charge on any atom is 0.231 e. The van der Waals surface area contributed by atoms with Gasteiger partial charge in [-0.3, -0.25) is 9.59 Å². The molecule has 4 nitrogen and oxygen atoms in total. The van der Waals surface area contributed by atoms with E-state index in [-0.39, 0.29) is 30.1 Å². The fourth-order valence-electron chi connectivity index (χ4n) is 3.28. The number of benzene rings is 2. The Hall–Kier alpha value is -1.79. The van der Waals surface area contributed by atoms with Crippen molar-refractivity contribution < 1.29 is 9.59 Å². The highest BCUT2D eigenvalue weighted by atomic mass is 79.9. The average Bonchev–Trinajstić information content (AvgIpc) is 2.94. The first-order chi connectivity index (χ1) is 12.6. The molecular weight excluding hydrogens is 412 g/mol. The van der Waals surface area contributed by atoms with E-state index in [1.807, 2.05) is 65.8 Å². The second kappa shape index (κ2) is 8.73. The highest BCUT2D eigenvalue weighted by molar-refractivity contribution is 9.10. The van der Waals surface area contributed by atoms with E-state index in [1.54, 1.807) is 11.8 Å². The first-order valence-corrected chi connectivity index (χ1v) is 10.7. The zero-order chi connectivity index (χ0) is 18.5. The third kappa shape index (κ3) is 4.48. The van der Waals surface area contributed by atoms with Gasteiger partial charge in [-0.1, -0.05) is 34.1 Å². The lowest BCUT2D eigenvalue weighted by molar-refractivity contribution is -0.125. The Morgan fingerprint density at radius 2 is 1.88 bits per heavy atom. The summed E-state index contributed by atoms with van der Waals surface area (Å²) in [5.41, 5.74) is 1.64. The predicted molar refractivity (Wildman–Crippen MR) is 112 cm³/mol. The quantitative estimate of drug-likeness (QED) is 0.734. The molecule has 6 heteroatoms. The van der Waals surface area contributed by atoms with E-state index in [2.05, 4.69) is 21.2 Å². The van der Waals surface area contributed by atoms with Crippen LogP contribution in [0.5, 0.6) is 0 Å². The number of para-hydroxylation sites is 1. The zero-order valence-corrected chi connectivity index (χ0v) is 16.9. The van der Waals surface area contributed by atoms with Crippen molar-refractivity contribution in [2.75, 3.05) is 28.8 Å². The van der Waals surface area contributed by atoms with Gasteiger partial charge in [0, 0.05) is 28.8 Å². The Balaban J connectivity index is 1.70. The Morgan fingerprint density at radius 1 is 1.19 bits per heavy atom. The van der Waals surface area contributed by atoms with Gasteiger partial charge in [-0.25, -0.2) is 0 Å². The van der Waals surface area contributed by atoms with Crippen LogP contribution in [0.25, 0.3) is 0 Å². The normalized spacial score (nSPS) is 19.6. The largest absolute Gasteiger partial charge is 0.326 e. The van der Waals surface area contributed by atoms with Crippen molar-refractivity contribution in [1.29, 1.82) is 0 Å². The number of anilines is 2. The minimum Gasteiger partial charge on any atom is -0.326 e. The maximum absolute atomic E-state index is 13.0. The molecule has 26 heavy (non-hydrogen) atoms. The standard InChI is InChI=1S/C20H21BrN2O2S/c1-26-13-14-12-23(17-5-3-2-4-6-17)20(25)18(14)11-19(24)22-16-9-7-15(21)8-10-16/h2-10,14,18H,11-13H2,1H3,(H,22,24)/t14-,18-/m1/s1. The van der Waals surface area contributed by atoms with Crippen LogP contribution in [0.15, 0.2) is 59.1 Å². The summed E-state index contributed by atoms with van der Waals surface area (Å²) in [5.74, 6) is 0.685. The second-order valence-corrected chi connectivity index (χ2v) is 8.19. The van der Waals surface area contributed by atoms with Gasteiger partial charge in [0.2, 0.25) is 11.8 Å². The number of carbonyl (C=O) groups is 2. The van der Waals surface area contributed by atoms with Gasteiger partial charge in [0.25, 0.3) is 0 Å². The van der Waals surface area contributed by atoms with Crippen molar-refractivity contribution in [1.82, 2.24) is 0 Å². The molecule has 0 aliphatic carbocycles. The lowest BCUT2D eigenvalue weighted by Crippen LogP contribution is -2.29. The summed E-state index contributed by atoms with van der Waals surface area (Å²) in [5, 5.41) is 2.90. The number of amides is 2. The van der Waals surface area contributed by atoms with Crippen LogP contribution in [0.3, 0.4) is 0 Å². The average molecular weight is 433 g/mol. The van der Waals surface area contributed by atoms with Gasteiger partial charge in [0.15, 0.2) is 0 Å². The third-order valence-corrected chi connectivity index (χ3v) is 5.84. The fraction of sp³-hybridized carbons (Fsp3) is 0.300. The van der Waals surface area contributed by atoms with Gasteiger partial charge in [0.05, 0.1) is 5.92 Å². The van der Waals surface area contributed by atoms with E-state index in [0.717, 1.165) is 21.6 Å². The maximum atomic E-state index is 13.0. The summed E-state index contributed by atoms with van der Waals surface area (Å²) in [6.07, 6.45) is 2.25. The summed E-state index contributed by atoms with van der Waals surface area (Å²) in [6, 6.07) is 17.1. The number of rotatable bonds is 6. The van der Waals surface area contributed by atoms with E-state index in [4.69, 9.17) is 0 Å². The molecule has 136 valence electrons. The Labute approximate surface area is 166 Å². The molecule has 0 bridgehead atoms. The minimum atomic E-state index is -0.280. The number of nitrogens with zero attached hydrogens (tertiary/aromatic N) is 1. The van der Waals surface area contributed by atoms with Gasteiger partial charge in [-0.2, -0.15) is 11.8 Å². The first kappa shape index (κ1) is 19.0. The van der Waals surface area contributed by atoms with Crippen LogP contribution in [0.4, 0.5) is 11.4 Å². The molecule has 1 saturated heterocycles. The monoisotopic (exact) mass is 432 g/mol. The molecule has 3 rings (SSSR count). The Morgan fingerprint density at radius 3 is 2.54 bits per heavy atom. The molecule has 1 fully saturated rings. The number of carbonyl (C=O) groups excluding carboxylic acids is 2. The van der Waals surface area contributed by atoms with Crippen molar-refractivity contribution in [3.63, 3.8) is 0 Å². The van der Waals surface area contributed by atoms with Crippen molar-refractivity contribution in [3.8, 4) is 0 Å². The van der Waals surface area contributed by atoms with E-state index < -0.39 is 0 Å². The summed E-state index contributed by atoms with van der Waals surface area (Å²) in [7, 11) is 0. The third-order valence-electron chi connectivity index (χ3n) is 4.55. The van der Waals surface area contributed by atoms with Crippen LogP contribution in [-0.2, 0) is 9.59 Å². The summed E-state index contributed by atoms with van der Waals surface area (Å²) >= 11 is 5.10. The molecule has 1 N–H and O–H groups in total. The summed E-state index contributed by atoms with van der Waals surface area (Å²) < 4.78 is 0.958. The molecule has 0 aromatic heterocycles. The van der Waals surface area contributed by atoms with Gasteiger partial charge in [-0.05, 0) is 54.3 Å². The van der Waals surface area contributed by atoms with Gasteiger partial charge in [0.1, 0.15) is 0 Å². The predicted octanol–water partition coefficient (Wildman–Crippen LogP) is 4.42. The molecule has 2 atom stereocenters. The van der Waals surface area contributed by atoms with Crippen LogP contribution < -0.4 is 10.2 Å². The van der Waals surface area contributed by atoms with Crippen molar-refractivity contribution in [3.05, 3.63) is 59.1 Å². The zero-order valence-electron chi connectivity index (χ0n) is 14.5. The second-order valence-electron chi connectivity index (χ2n) is 6.37. The lowest BCUT2D eigenvalue weighted by Gasteiger charge is -2.16. The van der Waals surface area contributed by atoms with Crippen LogP contribution >= 0.6 is 27.7 Å². The molecule has 1 aliphatic heterocycles. The van der Waals surface area contributed by atoms with E-state index in [0.29, 0.717) is 6.54 Å². The molecule has 1 heterocycles. The van der Waals surface area contributed by atoms with E-state index in [9.17, 15) is 9.59 Å². The van der Waals surface area contributed by atoms with Crippen LogP contribution in [0, 0.1) is 11.8 Å². The van der Waals surface area contributed by atoms with Gasteiger partial charge in [-0.15, -0.1) is 0 Å². The van der Waals surface area contributed by atoms with Gasteiger partial charge < -0.3 is 10.2 Å². The highest BCUT2D eigenvalue weighted by Crippen LogP contribution is 2.33. The Bertz CT molecular complexity index is 767. The number of hydrogen-bond donors (Lipinski definition) is 1.